The first-order valence-corrected chi connectivity index (χ1v) is 6.26. The topological polar surface area (TPSA) is 37.8 Å². The SMILES string of the molecule is ClCC1(Nc2ncns2)CCCCC1. The second-order valence-electron chi connectivity index (χ2n) is 3.85. The van der Waals surface area contributed by atoms with E-state index in [0.29, 0.717) is 5.88 Å². The quantitative estimate of drug-likeness (QED) is 0.813. The summed E-state index contributed by atoms with van der Waals surface area (Å²) in [4.78, 5) is 4.14. The van der Waals surface area contributed by atoms with Crippen LogP contribution in [0.25, 0.3) is 0 Å². The Hall–Kier alpha value is -0.350. The molecule has 1 aromatic rings. The lowest BCUT2D eigenvalue weighted by Gasteiger charge is -2.36. The van der Waals surface area contributed by atoms with E-state index < -0.39 is 0 Å². The standard InChI is InChI=1S/C9H14ClN3S/c10-6-9(4-2-1-3-5-9)13-8-11-7-12-14-8/h7H,1-6H2,(H,11,12,13). The van der Waals surface area contributed by atoms with Crippen LogP contribution in [0.3, 0.4) is 0 Å². The summed E-state index contributed by atoms with van der Waals surface area (Å²) >= 11 is 7.45. The van der Waals surface area contributed by atoms with E-state index in [1.165, 1.54) is 30.8 Å². The van der Waals surface area contributed by atoms with Crippen molar-refractivity contribution >= 4 is 28.3 Å². The maximum absolute atomic E-state index is 6.05. The van der Waals surface area contributed by atoms with E-state index >= 15 is 0 Å². The Morgan fingerprint density at radius 2 is 2.21 bits per heavy atom. The number of nitrogens with one attached hydrogen (secondary N) is 1. The monoisotopic (exact) mass is 231 g/mol. The van der Waals surface area contributed by atoms with Crippen LogP contribution in [0.5, 0.6) is 0 Å². The van der Waals surface area contributed by atoms with Crippen molar-refractivity contribution in [2.75, 3.05) is 11.2 Å². The molecule has 1 aromatic heterocycles. The van der Waals surface area contributed by atoms with Crippen LogP contribution in [0.4, 0.5) is 5.13 Å². The largest absolute Gasteiger partial charge is 0.354 e. The summed E-state index contributed by atoms with van der Waals surface area (Å²) in [7, 11) is 0. The van der Waals surface area contributed by atoms with E-state index in [-0.39, 0.29) is 5.54 Å². The molecule has 1 aliphatic rings. The molecular weight excluding hydrogens is 218 g/mol. The third-order valence-corrected chi connectivity index (χ3v) is 3.89. The normalized spacial score (nSPS) is 20.6. The number of aromatic nitrogens is 2. The van der Waals surface area contributed by atoms with Gasteiger partial charge in [-0.2, -0.15) is 4.37 Å². The highest BCUT2D eigenvalue weighted by molar-refractivity contribution is 7.09. The van der Waals surface area contributed by atoms with Crippen LogP contribution in [-0.2, 0) is 0 Å². The second-order valence-corrected chi connectivity index (χ2v) is 4.89. The summed E-state index contributed by atoms with van der Waals surface area (Å²) in [5, 5.41) is 4.33. The molecule has 0 radical (unpaired) electrons. The van der Waals surface area contributed by atoms with Gasteiger partial charge in [0.2, 0.25) is 5.13 Å². The molecule has 14 heavy (non-hydrogen) atoms. The van der Waals surface area contributed by atoms with Crippen LogP contribution in [0.2, 0.25) is 0 Å². The minimum absolute atomic E-state index is 0.0688. The molecule has 0 atom stereocenters. The van der Waals surface area contributed by atoms with Gasteiger partial charge >= 0.3 is 0 Å². The molecule has 78 valence electrons. The average molecular weight is 232 g/mol. The van der Waals surface area contributed by atoms with Gasteiger partial charge in [0.25, 0.3) is 0 Å². The lowest BCUT2D eigenvalue weighted by atomic mass is 9.83. The molecule has 0 spiro atoms. The molecule has 1 aliphatic carbocycles. The van der Waals surface area contributed by atoms with E-state index in [4.69, 9.17) is 11.6 Å². The van der Waals surface area contributed by atoms with Crippen LogP contribution in [0.15, 0.2) is 6.33 Å². The minimum Gasteiger partial charge on any atom is -0.354 e. The second kappa shape index (κ2) is 4.45. The van der Waals surface area contributed by atoms with Crippen molar-refractivity contribution in [1.82, 2.24) is 9.36 Å². The van der Waals surface area contributed by atoms with Crippen molar-refractivity contribution in [2.24, 2.45) is 0 Å². The van der Waals surface area contributed by atoms with Gasteiger partial charge in [-0.3, -0.25) is 0 Å². The zero-order valence-electron chi connectivity index (χ0n) is 8.00. The van der Waals surface area contributed by atoms with E-state index in [1.54, 1.807) is 6.33 Å². The molecule has 0 amide bonds. The van der Waals surface area contributed by atoms with Gasteiger partial charge in [-0.05, 0) is 12.8 Å². The van der Waals surface area contributed by atoms with Crippen molar-refractivity contribution in [3.63, 3.8) is 0 Å². The molecule has 0 aromatic carbocycles. The Labute approximate surface area is 93.1 Å². The number of anilines is 1. The van der Waals surface area contributed by atoms with Gasteiger partial charge in [-0.25, -0.2) is 4.98 Å². The molecular formula is C9H14ClN3S. The fraction of sp³-hybridized carbons (Fsp3) is 0.778. The Bertz CT molecular complexity index is 270. The number of nitrogens with zero attached hydrogens (tertiary/aromatic N) is 2. The third-order valence-electron chi connectivity index (χ3n) is 2.80. The van der Waals surface area contributed by atoms with Crippen LogP contribution in [0, 0.1) is 0 Å². The Balaban J connectivity index is 2.04. The predicted octanol–water partition coefficient (Wildman–Crippen LogP) is 2.89. The van der Waals surface area contributed by atoms with Gasteiger partial charge in [-0.15, -0.1) is 11.6 Å². The van der Waals surface area contributed by atoms with Gasteiger partial charge in [-0.1, -0.05) is 19.3 Å². The number of hydrogen-bond donors (Lipinski definition) is 1. The van der Waals surface area contributed by atoms with Crippen molar-refractivity contribution in [3.05, 3.63) is 6.33 Å². The maximum atomic E-state index is 6.05. The predicted molar refractivity (Wildman–Crippen MR) is 60.1 cm³/mol. The van der Waals surface area contributed by atoms with Crippen molar-refractivity contribution in [1.29, 1.82) is 0 Å². The van der Waals surface area contributed by atoms with Gasteiger partial charge < -0.3 is 5.32 Å². The molecule has 5 heteroatoms. The average Bonchev–Trinajstić information content (AvgIpc) is 2.72. The summed E-state index contributed by atoms with van der Waals surface area (Å²) in [6.07, 6.45) is 7.73. The maximum Gasteiger partial charge on any atom is 0.202 e. The Morgan fingerprint density at radius 3 is 2.79 bits per heavy atom. The molecule has 1 fully saturated rings. The molecule has 1 heterocycles. The van der Waals surface area contributed by atoms with E-state index in [1.807, 2.05) is 0 Å². The molecule has 1 N–H and O–H groups in total. The zero-order chi connectivity index (χ0) is 9.86. The minimum atomic E-state index is 0.0688. The molecule has 2 rings (SSSR count). The summed E-state index contributed by atoms with van der Waals surface area (Å²) < 4.78 is 3.98. The van der Waals surface area contributed by atoms with Crippen LogP contribution >= 0.6 is 23.1 Å². The van der Waals surface area contributed by atoms with Crippen LogP contribution in [-0.4, -0.2) is 20.8 Å². The molecule has 3 nitrogen and oxygen atoms in total. The van der Waals surface area contributed by atoms with Crippen molar-refractivity contribution < 1.29 is 0 Å². The van der Waals surface area contributed by atoms with Crippen molar-refractivity contribution in [2.45, 2.75) is 37.6 Å². The van der Waals surface area contributed by atoms with Gasteiger partial charge in [0.1, 0.15) is 6.33 Å². The highest BCUT2D eigenvalue weighted by Crippen LogP contribution is 2.32. The van der Waals surface area contributed by atoms with E-state index in [0.717, 1.165) is 18.0 Å². The Morgan fingerprint density at radius 1 is 1.43 bits per heavy atom. The lowest BCUT2D eigenvalue weighted by Crippen LogP contribution is -2.42. The highest BCUT2D eigenvalue weighted by Gasteiger charge is 2.31. The number of halogens is 1. The molecule has 0 unspecified atom stereocenters. The lowest BCUT2D eigenvalue weighted by molar-refractivity contribution is 0.353. The summed E-state index contributed by atoms with van der Waals surface area (Å²) in [5.74, 6) is 0.659. The number of hydrogen-bond acceptors (Lipinski definition) is 4. The van der Waals surface area contributed by atoms with Crippen LogP contribution in [0.1, 0.15) is 32.1 Å². The fourth-order valence-corrected chi connectivity index (χ4v) is 2.86. The van der Waals surface area contributed by atoms with Gasteiger partial charge in [0.15, 0.2) is 0 Å². The molecule has 0 saturated heterocycles. The summed E-state index contributed by atoms with van der Waals surface area (Å²) in [6, 6.07) is 0. The first-order valence-electron chi connectivity index (χ1n) is 4.95. The van der Waals surface area contributed by atoms with E-state index in [9.17, 15) is 0 Å². The molecule has 0 aliphatic heterocycles. The number of alkyl halides is 1. The molecule has 1 saturated carbocycles. The highest BCUT2D eigenvalue weighted by atomic mass is 35.5. The number of rotatable bonds is 3. The van der Waals surface area contributed by atoms with Gasteiger partial charge in [0.05, 0.1) is 5.54 Å². The van der Waals surface area contributed by atoms with E-state index in [2.05, 4.69) is 14.7 Å². The zero-order valence-corrected chi connectivity index (χ0v) is 9.57. The van der Waals surface area contributed by atoms with Gasteiger partial charge in [0, 0.05) is 17.4 Å². The first kappa shape index (κ1) is 10.2. The summed E-state index contributed by atoms with van der Waals surface area (Å²) in [6.45, 7) is 0. The first-order chi connectivity index (χ1) is 6.85. The van der Waals surface area contributed by atoms with Crippen molar-refractivity contribution in [3.8, 4) is 0 Å². The smallest absolute Gasteiger partial charge is 0.202 e. The summed E-state index contributed by atoms with van der Waals surface area (Å²) in [5.41, 5.74) is 0.0688. The molecule has 0 bridgehead atoms. The Kier molecular flexibility index (Phi) is 3.23. The van der Waals surface area contributed by atoms with Crippen LogP contribution < -0.4 is 5.32 Å². The fourth-order valence-electron chi connectivity index (χ4n) is 1.98. The third kappa shape index (κ3) is 2.17.